The van der Waals surface area contributed by atoms with Crippen LogP contribution in [-0.2, 0) is 6.42 Å². The van der Waals surface area contributed by atoms with Gasteiger partial charge in [0.2, 0.25) is 5.89 Å². The zero-order valence-electron chi connectivity index (χ0n) is 11.7. The van der Waals surface area contributed by atoms with E-state index in [2.05, 4.69) is 10.1 Å². The Balaban J connectivity index is 1.99. The summed E-state index contributed by atoms with van der Waals surface area (Å²) in [7, 11) is 0. The van der Waals surface area contributed by atoms with Crippen molar-refractivity contribution in [2.45, 2.75) is 19.3 Å². The molecule has 0 bridgehead atoms. The second-order valence-electron chi connectivity index (χ2n) is 4.98. The van der Waals surface area contributed by atoms with Gasteiger partial charge in [-0.1, -0.05) is 47.6 Å². The molecule has 1 unspecified atom stereocenters. The Morgan fingerprint density at radius 3 is 2.57 bits per heavy atom. The minimum absolute atomic E-state index is 0.149. The molecule has 0 aliphatic heterocycles. The number of hydrogen-bond donors (Lipinski definition) is 0. The van der Waals surface area contributed by atoms with E-state index in [0.717, 1.165) is 11.1 Å². The topological polar surface area (TPSA) is 38.9 Å². The van der Waals surface area contributed by atoms with E-state index in [4.69, 9.17) is 4.52 Å². The van der Waals surface area contributed by atoms with Crippen molar-refractivity contribution in [3.63, 3.8) is 0 Å². The first-order valence-corrected chi connectivity index (χ1v) is 6.82. The Labute approximate surface area is 122 Å². The molecule has 1 atom stereocenters. The third-order valence-electron chi connectivity index (χ3n) is 3.38. The van der Waals surface area contributed by atoms with Gasteiger partial charge in [-0.25, -0.2) is 4.39 Å². The van der Waals surface area contributed by atoms with Gasteiger partial charge >= 0.3 is 0 Å². The summed E-state index contributed by atoms with van der Waals surface area (Å²) in [6, 6.07) is 16.5. The van der Waals surface area contributed by atoms with Crippen LogP contribution in [0.25, 0.3) is 0 Å². The fraction of sp³-hybridized carbons (Fsp3) is 0.176. The molecule has 106 valence electrons. The Morgan fingerprint density at radius 1 is 1.10 bits per heavy atom. The van der Waals surface area contributed by atoms with E-state index in [1.807, 2.05) is 36.4 Å². The highest BCUT2D eigenvalue weighted by molar-refractivity contribution is 5.29. The minimum atomic E-state index is -0.262. The Bertz CT molecular complexity index is 724. The van der Waals surface area contributed by atoms with Crippen LogP contribution in [-0.4, -0.2) is 10.1 Å². The molecule has 3 nitrogen and oxygen atoms in total. The Morgan fingerprint density at radius 2 is 1.90 bits per heavy atom. The zero-order chi connectivity index (χ0) is 14.7. The van der Waals surface area contributed by atoms with Crippen molar-refractivity contribution in [3.8, 4) is 0 Å². The molecule has 3 rings (SSSR count). The van der Waals surface area contributed by atoms with E-state index < -0.39 is 0 Å². The highest BCUT2D eigenvalue weighted by Gasteiger charge is 2.21. The summed E-state index contributed by atoms with van der Waals surface area (Å²) < 4.78 is 18.8. The molecule has 4 heteroatoms. The quantitative estimate of drug-likeness (QED) is 0.728. The average Bonchev–Trinajstić information content (AvgIpc) is 2.92. The molecule has 0 aliphatic rings. The molecule has 0 fully saturated rings. The van der Waals surface area contributed by atoms with E-state index in [-0.39, 0.29) is 11.7 Å². The molecule has 21 heavy (non-hydrogen) atoms. The van der Waals surface area contributed by atoms with Crippen molar-refractivity contribution in [3.05, 3.63) is 83.3 Å². The SMILES string of the molecule is Cc1noc(C(Cc2ccccc2)c2cccc(F)c2)n1. The van der Waals surface area contributed by atoms with E-state index in [9.17, 15) is 4.39 Å². The molecular formula is C17H15FN2O. The van der Waals surface area contributed by atoms with E-state index >= 15 is 0 Å². The number of aryl methyl sites for hydroxylation is 1. The number of benzene rings is 2. The molecule has 0 spiro atoms. The van der Waals surface area contributed by atoms with E-state index in [1.54, 1.807) is 13.0 Å². The number of nitrogens with zero attached hydrogens (tertiary/aromatic N) is 2. The number of halogens is 1. The first kappa shape index (κ1) is 13.5. The van der Waals surface area contributed by atoms with Crippen LogP contribution in [0.3, 0.4) is 0 Å². The lowest BCUT2D eigenvalue weighted by Crippen LogP contribution is -2.06. The summed E-state index contributed by atoms with van der Waals surface area (Å²) in [5, 5.41) is 3.85. The molecule has 0 saturated heterocycles. The Kier molecular flexibility index (Phi) is 3.77. The van der Waals surface area contributed by atoms with Crippen LogP contribution >= 0.6 is 0 Å². The second kappa shape index (κ2) is 5.87. The molecule has 3 aromatic rings. The summed E-state index contributed by atoms with van der Waals surface area (Å²) in [5.74, 6) is 0.688. The summed E-state index contributed by atoms with van der Waals surface area (Å²) in [6.45, 7) is 1.78. The maximum absolute atomic E-state index is 13.5. The minimum Gasteiger partial charge on any atom is -0.339 e. The van der Waals surface area contributed by atoms with Gasteiger partial charge in [0.25, 0.3) is 0 Å². The van der Waals surface area contributed by atoms with E-state index in [1.165, 1.54) is 12.1 Å². The molecule has 1 heterocycles. The summed E-state index contributed by atoms with van der Waals surface area (Å²) in [6.07, 6.45) is 0.686. The maximum Gasteiger partial charge on any atom is 0.234 e. The van der Waals surface area contributed by atoms with Gasteiger partial charge in [0.05, 0.1) is 5.92 Å². The van der Waals surface area contributed by atoms with Gasteiger partial charge < -0.3 is 4.52 Å². The van der Waals surface area contributed by atoms with Crippen molar-refractivity contribution < 1.29 is 8.91 Å². The summed E-state index contributed by atoms with van der Waals surface area (Å²) in [4.78, 5) is 4.31. The molecule has 0 amide bonds. The molecule has 1 aromatic heterocycles. The van der Waals surface area contributed by atoms with Crippen molar-refractivity contribution in [1.29, 1.82) is 0 Å². The van der Waals surface area contributed by atoms with Gasteiger partial charge in [-0.3, -0.25) is 0 Å². The molecule has 0 radical (unpaired) electrons. The molecular weight excluding hydrogens is 267 g/mol. The molecule has 0 N–H and O–H groups in total. The van der Waals surface area contributed by atoms with Crippen LogP contribution in [0.1, 0.15) is 28.8 Å². The zero-order valence-corrected chi connectivity index (χ0v) is 11.7. The van der Waals surface area contributed by atoms with Crippen LogP contribution in [0.4, 0.5) is 4.39 Å². The number of hydrogen-bond acceptors (Lipinski definition) is 3. The third kappa shape index (κ3) is 3.16. The number of rotatable bonds is 4. The first-order chi connectivity index (χ1) is 10.2. The lowest BCUT2D eigenvalue weighted by Gasteiger charge is -2.13. The average molecular weight is 282 g/mol. The first-order valence-electron chi connectivity index (χ1n) is 6.82. The van der Waals surface area contributed by atoms with Gasteiger partial charge in [0.15, 0.2) is 5.82 Å². The van der Waals surface area contributed by atoms with Gasteiger partial charge in [0, 0.05) is 0 Å². The van der Waals surface area contributed by atoms with Crippen LogP contribution in [0.5, 0.6) is 0 Å². The highest BCUT2D eigenvalue weighted by Crippen LogP contribution is 2.27. The van der Waals surface area contributed by atoms with Crippen molar-refractivity contribution in [2.75, 3.05) is 0 Å². The number of aromatic nitrogens is 2. The standard InChI is InChI=1S/C17H15FN2O/c1-12-19-17(21-20-12)16(10-13-6-3-2-4-7-13)14-8-5-9-15(18)11-14/h2-9,11,16H,10H2,1H3. The largest absolute Gasteiger partial charge is 0.339 e. The van der Waals surface area contributed by atoms with Crippen LogP contribution < -0.4 is 0 Å². The molecule has 2 aromatic carbocycles. The second-order valence-corrected chi connectivity index (χ2v) is 4.98. The third-order valence-corrected chi connectivity index (χ3v) is 3.38. The molecule has 0 saturated carbocycles. The predicted octanol–water partition coefficient (Wildman–Crippen LogP) is 3.89. The summed E-state index contributed by atoms with van der Waals surface area (Å²) >= 11 is 0. The fourth-order valence-electron chi connectivity index (χ4n) is 2.38. The van der Waals surface area contributed by atoms with Crippen LogP contribution in [0.15, 0.2) is 59.1 Å². The van der Waals surface area contributed by atoms with Crippen LogP contribution in [0.2, 0.25) is 0 Å². The van der Waals surface area contributed by atoms with Crippen molar-refractivity contribution >= 4 is 0 Å². The van der Waals surface area contributed by atoms with Gasteiger partial charge in [-0.05, 0) is 36.6 Å². The van der Waals surface area contributed by atoms with Gasteiger partial charge in [-0.2, -0.15) is 4.98 Å². The smallest absolute Gasteiger partial charge is 0.234 e. The highest BCUT2D eigenvalue weighted by atomic mass is 19.1. The van der Waals surface area contributed by atoms with Gasteiger partial charge in [-0.15, -0.1) is 0 Å². The van der Waals surface area contributed by atoms with Crippen LogP contribution in [0, 0.1) is 12.7 Å². The van der Waals surface area contributed by atoms with Crippen molar-refractivity contribution in [1.82, 2.24) is 10.1 Å². The fourth-order valence-corrected chi connectivity index (χ4v) is 2.38. The predicted molar refractivity (Wildman–Crippen MR) is 77.4 cm³/mol. The van der Waals surface area contributed by atoms with Gasteiger partial charge in [0.1, 0.15) is 5.82 Å². The van der Waals surface area contributed by atoms with Crippen molar-refractivity contribution in [2.24, 2.45) is 0 Å². The van der Waals surface area contributed by atoms with E-state index in [0.29, 0.717) is 18.1 Å². The monoisotopic (exact) mass is 282 g/mol. The normalized spacial score (nSPS) is 12.3. The molecule has 0 aliphatic carbocycles. The lowest BCUT2D eigenvalue weighted by molar-refractivity contribution is 0.361. The lowest BCUT2D eigenvalue weighted by atomic mass is 9.92. The summed E-state index contributed by atoms with van der Waals surface area (Å²) in [5.41, 5.74) is 1.98. The maximum atomic E-state index is 13.5. The Hall–Kier alpha value is -2.49.